The molecule has 0 radical (unpaired) electrons. The van der Waals surface area contributed by atoms with Crippen LogP contribution >= 0.6 is 0 Å². The number of hydrogen-bond acceptors (Lipinski definition) is 2. The zero-order chi connectivity index (χ0) is 15.2. The third-order valence-electron chi connectivity index (χ3n) is 3.75. The fourth-order valence-corrected chi connectivity index (χ4v) is 4.73. The van der Waals surface area contributed by atoms with Crippen molar-refractivity contribution in [1.82, 2.24) is 0 Å². The SMILES string of the molecule is O=S1C2C=C(c3ccc(OC(F)(F)F)cc3F)CC1CC2. The maximum atomic E-state index is 14.0. The van der Waals surface area contributed by atoms with Gasteiger partial charge in [-0.3, -0.25) is 4.21 Å². The van der Waals surface area contributed by atoms with Gasteiger partial charge in [-0.15, -0.1) is 13.2 Å². The molecule has 1 aromatic carbocycles. The lowest BCUT2D eigenvalue weighted by atomic mass is 10.00. The van der Waals surface area contributed by atoms with Crippen molar-refractivity contribution in [1.29, 1.82) is 0 Å². The predicted molar refractivity (Wildman–Crippen MR) is 70.6 cm³/mol. The second kappa shape index (κ2) is 5.12. The van der Waals surface area contributed by atoms with Crippen LogP contribution in [0, 0.1) is 5.82 Å². The minimum absolute atomic E-state index is 0.0282. The Morgan fingerprint density at radius 3 is 2.62 bits per heavy atom. The number of allylic oxidation sites excluding steroid dienone is 1. The minimum Gasteiger partial charge on any atom is -0.406 e. The molecule has 7 heteroatoms. The van der Waals surface area contributed by atoms with Crippen molar-refractivity contribution in [2.45, 2.75) is 36.1 Å². The number of alkyl halides is 3. The van der Waals surface area contributed by atoms with Gasteiger partial charge in [0.25, 0.3) is 0 Å². The van der Waals surface area contributed by atoms with Gasteiger partial charge in [0.1, 0.15) is 11.6 Å². The molecule has 3 unspecified atom stereocenters. The molecular weight excluding hydrogens is 308 g/mol. The molecule has 2 heterocycles. The van der Waals surface area contributed by atoms with E-state index in [4.69, 9.17) is 0 Å². The van der Waals surface area contributed by atoms with Crippen LogP contribution in [0.4, 0.5) is 17.6 Å². The number of rotatable bonds is 2. The first-order chi connectivity index (χ1) is 9.83. The van der Waals surface area contributed by atoms with Crippen LogP contribution in [0.3, 0.4) is 0 Å². The van der Waals surface area contributed by atoms with E-state index < -0.39 is 28.7 Å². The molecule has 1 fully saturated rings. The van der Waals surface area contributed by atoms with Crippen molar-refractivity contribution in [3.05, 3.63) is 35.7 Å². The van der Waals surface area contributed by atoms with Gasteiger partial charge in [-0.1, -0.05) is 6.08 Å². The van der Waals surface area contributed by atoms with E-state index in [-0.39, 0.29) is 16.1 Å². The third kappa shape index (κ3) is 2.97. The highest BCUT2D eigenvalue weighted by atomic mass is 32.2. The highest BCUT2D eigenvalue weighted by molar-refractivity contribution is 7.86. The Morgan fingerprint density at radius 1 is 1.24 bits per heavy atom. The zero-order valence-corrected chi connectivity index (χ0v) is 11.6. The van der Waals surface area contributed by atoms with Crippen LogP contribution in [-0.2, 0) is 10.8 Å². The fourth-order valence-electron chi connectivity index (χ4n) is 2.86. The Hall–Kier alpha value is -1.37. The van der Waals surface area contributed by atoms with E-state index in [0.29, 0.717) is 6.42 Å². The quantitative estimate of drug-likeness (QED) is 0.775. The standard InChI is InChI=1S/C14H12F4O2S/c15-13-7-9(20-14(16,17)18)1-4-12(13)8-5-10-2-3-11(6-8)21(10)19/h1,4-5,7,10-11H,2-3,6H2. The Bertz CT molecular complexity index is 624. The van der Waals surface area contributed by atoms with Crippen LogP contribution in [0.15, 0.2) is 24.3 Å². The monoisotopic (exact) mass is 320 g/mol. The summed E-state index contributed by atoms with van der Waals surface area (Å²) < 4.78 is 65.9. The van der Waals surface area contributed by atoms with E-state index >= 15 is 0 Å². The number of fused-ring (bicyclic) bond motifs is 2. The first-order valence-electron chi connectivity index (χ1n) is 6.49. The summed E-state index contributed by atoms with van der Waals surface area (Å²) in [7, 11) is -0.910. The van der Waals surface area contributed by atoms with Crippen molar-refractivity contribution < 1.29 is 26.5 Å². The van der Waals surface area contributed by atoms with Gasteiger partial charge in [0.05, 0.1) is 5.25 Å². The molecule has 2 aliphatic heterocycles. The topological polar surface area (TPSA) is 26.3 Å². The highest BCUT2D eigenvalue weighted by Gasteiger charge is 2.37. The van der Waals surface area contributed by atoms with Crippen LogP contribution in [0.1, 0.15) is 24.8 Å². The predicted octanol–water partition coefficient (Wildman–Crippen LogP) is 3.79. The first-order valence-corrected chi connectivity index (χ1v) is 7.77. The summed E-state index contributed by atoms with van der Waals surface area (Å²) in [6.07, 6.45) is -0.887. The maximum absolute atomic E-state index is 14.0. The summed E-state index contributed by atoms with van der Waals surface area (Å²) in [6.45, 7) is 0. The van der Waals surface area contributed by atoms with E-state index in [1.807, 2.05) is 0 Å². The van der Waals surface area contributed by atoms with Gasteiger partial charge < -0.3 is 4.74 Å². The van der Waals surface area contributed by atoms with Gasteiger partial charge >= 0.3 is 6.36 Å². The van der Waals surface area contributed by atoms with Crippen molar-refractivity contribution >= 4 is 16.4 Å². The Balaban J connectivity index is 1.87. The van der Waals surface area contributed by atoms with Gasteiger partial charge in [0.2, 0.25) is 0 Å². The molecule has 1 aromatic rings. The third-order valence-corrected chi connectivity index (χ3v) is 5.78. The molecule has 0 saturated carbocycles. The lowest BCUT2D eigenvalue weighted by Gasteiger charge is -2.20. The minimum atomic E-state index is -4.84. The van der Waals surface area contributed by atoms with Crippen LogP contribution in [0.5, 0.6) is 5.75 Å². The maximum Gasteiger partial charge on any atom is 0.573 e. The van der Waals surface area contributed by atoms with Crippen molar-refractivity contribution in [3.8, 4) is 5.75 Å². The lowest BCUT2D eigenvalue weighted by molar-refractivity contribution is -0.274. The number of benzene rings is 1. The van der Waals surface area contributed by atoms with Gasteiger partial charge in [0.15, 0.2) is 0 Å². The second-order valence-corrected chi connectivity index (χ2v) is 7.08. The molecule has 2 nitrogen and oxygen atoms in total. The van der Waals surface area contributed by atoms with E-state index in [1.54, 1.807) is 6.08 Å². The average Bonchev–Trinajstić information content (AvgIpc) is 2.60. The fraction of sp³-hybridized carbons (Fsp3) is 0.429. The summed E-state index contributed by atoms with van der Waals surface area (Å²) >= 11 is 0. The van der Waals surface area contributed by atoms with Gasteiger partial charge in [-0.05, 0) is 37.0 Å². The largest absolute Gasteiger partial charge is 0.573 e. The molecule has 0 aliphatic carbocycles. The summed E-state index contributed by atoms with van der Waals surface area (Å²) in [5.41, 5.74) is 0.983. The Morgan fingerprint density at radius 2 is 2.00 bits per heavy atom. The van der Waals surface area contributed by atoms with Crippen molar-refractivity contribution in [2.24, 2.45) is 0 Å². The Labute approximate surface area is 121 Å². The summed E-state index contributed by atoms with van der Waals surface area (Å²) in [5.74, 6) is -1.33. The number of hydrogen-bond donors (Lipinski definition) is 0. The first kappa shape index (κ1) is 14.6. The van der Waals surface area contributed by atoms with Crippen LogP contribution in [0.2, 0.25) is 0 Å². The van der Waals surface area contributed by atoms with Crippen LogP contribution in [0.25, 0.3) is 5.57 Å². The zero-order valence-electron chi connectivity index (χ0n) is 10.8. The highest BCUT2D eigenvalue weighted by Crippen LogP contribution is 2.39. The molecule has 0 N–H and O–H groups in total. The van der Waals surface area contributed by atoms with E-state index in [9.17, 15) is 21.8 Å². The summed E-state index contributed by atoms with van der Waals surface area (Å²) in [6, 6.07) is 3.12. The molecule has 0 spiro atoms. The van der Waals surface area contributed by atoms with Crippen molar-refractivity contribution in [2.75, 3.05) is 0 Å². The summed E-state index contributed by atoms with van der Waals surface area (Å²) in [5, 5.41) is -0.0373. The molecule has 0 aromatic heterocycles. The molecule has 114 valence electrons. The molecule has 3 atom stereocenters. The van der Waals surface area contributed by atoms with Gasteiger partial charge in [0, 0.05) is 27.7 Å². The number of ether oxygens (including phenoxy) is 1. The average molecular weight is 320 g/mol. The number of halogens is 4. The molecule has 2 aliphatic rings. The molecule has 0 amide bonds. The van der Waals surface area contributed by atoms with E-state index in [2.05, 4.69) is 4.74 Å². The summed E-state index contributed by atoms with van der Waals surface area (Å²) in [4.78, 5) is 0. The van der Waals surface area contributed by atoms with Gasteiger partial charge in [-0.25, -0.2) is 4.39 Å². The molecule has 3 rings (SSSR count). The molecule has 21 heavy (non-hydrogen) atoms. The lowest BCUT2D eigenvalue weighted by Crippen LogP contribution is -2.20. The normalized spacial score (nSPS) is 28.4. The molecule has 1 saturated heterocycles. The van der Waals surface area contributed by atoms with Crippen LogP contribution < -0.4 is 4.74 Å². The second-order valence-electron chi connectivity index (χ2n) is 5.15. The molecule has 2 bridgehead atoms. The smallest absolute Gasteiger partial charge is 0.406 e. The van der Waals surface area contributed by atoms with Crippen LogP contribution in [-0.4, -0.2) is 21.1 Å². The Kier molecular flexibility index (Phi) is 3.55. The van der Waals surface area contributed by atoms with E-state index in [0.717, 1.165) is 30.5 Å². The molecular formula is C14H12F4O2S. The van der Waals surface area contributed by atoms with E-state index in [1.165, 1.54) is 6.07 Å². The van der Waals surface area contributed by atoms with Gasteiger partial charge in [-0.2, -0.15) is 0 Å². The van der Waals surface area contributed by atoms with Crippen molar-refractivity contribution in [3.63, 3.8) is 0 Å².